The molecular formula is C16H19N7O. The van der Waals surface area contributed by atoms with Crippen LogP contribution in [0.4, 0.5) is 5.82 Å². The Morgan fingerprint density at radius 3 is 2.75 bits per heavy atom. The van der Waals surface area contributed by atoms with Crippen molar-refractivity contribution in [2.75, 3.05) is 25.1 Å². The minimum atomic E-state index is 0.441. The molecule has 1 saturated heterocycles. The molecular weight excluding hydrogens is 306 g/mol. The molecule has 0 saturated carbocycles. The molecule has 0 radical (unpaired) electrons. The lowest BCUT2D eigenvalue weighted by Gasteiger charge is -2.32. The first-order chi connectivity index (χ1) is 11.7. The number of piperidine rings is 1. The van der Waals surface area contributed by atoms with Gasteiger partial charge in [-0.15, -0.1) is 10.2 Å². The van der Waals surface area contributed by atoms with Gasteiger partial charge < -0.3 is 9.64 Å². The second-order valence-electron chi connectivity index (χ2n) is 5.96. The maximum Gasteiger partial charge on any atom is 0.218 e. The molecule has 0 amide bonds. The Morgan fingerprint density at radius 2 is 1.96 bits per heavy atom. The lowest BCUT2D eigenvalue weighted by Crippen LogP contribution is -2.33. The minimum absolute atomic E-state index is 0.441. The van der Waals surface area contributed by atoms with Crippen molar-refractivity contribution in [1.82, 2.24) is 29.8 Å². The molecule has 124 valence electrons. The van der Waals surface area contributed by atoms with Crippen molar-refractivity contribution in [1.29, 1.82) is 0 Å². The van der Waals surface area contributed by atoms with Crippen molar-refractivity contribution in [3.05, 3.63) is 36.0 Å². The molecule has 0 aromatic carbocycles. The van der Waals surface area contributed by atoms with Gasteiger partial charge in [0.2, 0.25) is 5.88 Å². The average molecular weight is 325 g/mol. The monoisotopic (exact) mass is 325 g/mol. The molecule has 8 heteroatoms. The summed E-state index contributed by atoms with van der Waals surface area (Å²) in [4.78, 5) is 10.7. The standard InChI is InChI=1S/C16H19N7O/c1-11-19-20-14-4-3-13(21-23(11)14)12-5-7-22(8-6-12)15-9-16(24-2)18-10-17-15/h3-4,9-10,12H,5-8H2,1-2H3. The number of ether oxygens (including phenoxy) is 1. The maximum absolute atomic E-state index is 5.18. The number of hydrogen-bond acceptors (Lipinski definition) is 7. The van der Waals surface area contributed by atoms with E-state index >= 15 is 0 Å². The van der Waals surface area contributed by atoms with Gasteiger partial charge in [0.25, 0.3) is 0 Å². The van der Waals surface area contributed by atoms with Crippen LogP contribution < -0.4 is 9.64 Å². The molecule has 1 aliphatic rings. The van der Waals surface area contributed by atoms with Crippen LogP contribution in [0, 0.1) is 6.92 Å². The van der Waals surface area contributed by atoms with E-state index in [2.05, 4.69) is 31.1 Å². The Morgan fingerprint density at radius 1 is 1.12 bits per heavy atom. The van der Waals surface area contributed by atoms with Gasteiger partial charge >= 0.3 is 0 Å². The van der Waals surface area contributed by atoms with E-state index in [9.17, 15) is 0 Å². The fraction of sp³-hybridized carbons (Fsp3) is 0.438. The Balaban J connectivity index is 1.49. The highest BCUT2D eigenvalue weighted by Crippen LogP contribution is 2.29. The van der Waals surface area contributed by atoms with E-state index in [-0.39, 0.29) is 0 Å². The smallest absolute Gasteiger partial charge is 0.218 e. The normalized spacial score (nSPS) is 15.8. The number of rotatable bonds is 3. The molecule has 0 atom stereocenters. The first-order valence-corrected chi connectivity index (χ1v) is 8.04. The molecule has 1 aliphatic heterocycles. The molecule has 1 fully saturated rings. The summed E-state index contributed by atoms with van der Waals surface area (Å²) in [5.74, 6) is 2.77. The Kier molecular flexibility index (Phi) is 3.72. The maximum atomic E-state index is 5.18. The summed E-state index contributed by atoms with van der Waals surface area (Å²) in [5, 5.41) is 12.9. The number of anilines is 1. The first kappa shape index (κ1) is 14.8. The van der Waals surface area contributed by atoms with Crippen molar-refractivity contribution < 1.29 is 4.74 Å². The summed E-state index contributed by atoms with van der Waals surface area (Å²) in [6, 6.07) is 5.94. The van der Waals surface area contributed by atoms with Gasteiger partial charge in [-0.3, -0.25) is 0 Å². The van der Waals surface area contributed by atoms with Gasteiger partial charge in [0.15, 0.2) is 11.5 Å². The molecule has 0 bridgehead atoms. The van der Waals surface area contributed by atoms with E-state index in [1.165, 1.54) is 0 Å². The van der Waals surface area contributed by atoms with E-state index in [4.69, 9.17) is 9.84 Å². The number of fused-ring (bicyclic) bond motifs is 1. The quantitative estimate of drug-likeness (QED) is 0.723. The summed E-state index contributed by atoms with van der Waals surface area (Å²) >= 11 is 0. The summed E-state index contributed by atoms with van der Waals surface area (Å²) in [6.07, 6.45) is 3.61. The third-order valence-corrected chi connectivity index (χ3v) is 4.51. The van der Waals surface area contributed by atoms with Crippen LogP contribution in [0.3, 0.4) is 0 Å². The summed E-state index contributed by atoms with van der Waals surface area (Å²) in [6.45, 7) is 3.79. The van der Waals surface area contributed by atoms with Crippen LogP contribution in [0.2, 0.25) is 0 Å². The van der Waals surface area contributed by atoms with Crippen molar-refractivity contribution in [3.8, 4) is 5.88 Å². The van der Waals surface area contributed by atoms with Crippen molar-refractivity contribution in [2.24, 2.45) is 0 Å². The number of aromatic nitrogens is 6. The summed E-state index contributed by atoms with van der Waals surface area (Å²) in [7, 11) is 1.62. The van der Waals surface area contributed by atoms with Crippen LogP contribution in [0.1, 0.15) is 30.3 Å². The molecule has 3 aromatic heterocycles. The zero-order chi connectivity index (χ0) is 16.5. The SMILES string of the molecule is COc1cc(N2CCC(c3ccc4nnc(C)n4n3)CC2)ncn1. The molecule has 0 unspecified atom stereocenters. The highest BCUT2D eigenvalue weighted by atomic mass is 16.5. The molecule has 0 spiro atoms. The lowest BCUT2D eigenvalue weighted by atomic mass is 9.93. The predicted octanol–water partition coefficient (Wildman–Crippen LogP) is 1.62. The number of nitrogens with zero attached hydrogens (tertiary/aromatic N) is 7. The van der Waals surface area contributed by atoms with Gasteiger partial charge in [-0.25, -0.2) is 9.97 Å². The molecule has 0 aliphatic carbocycles. The average Bonchev–Trinajstić information content (AvgIpc) is 3.02. The fourth-order valence-electron chi connectivity index (χ4n) is 3.15. The van der Waals surface area contributed by atoms with Crippen LogP contribution in [0.5, 0.6) is 5.88 Å². The second kappa shape index (κ2) is 6.03. The number of aryl methyl sites for hydroxylation is 1. The fourth-order valence-corrected chi connectivity index (χ4v) is 3.15. The van der Waals surface area contributed by atoms with E-state index in [0.29, 0.717) is 11.8 Å². The van der Waals surface area contributed by atoms with Crippen LogP contribution in [0.15, 0.2) is 24.5 Å². The second-order valence-corrected chi connectivity index (χ2v) is 5.96. The van der Waals surface area contributed by atoms with Gasteiger partial charge in [-0.1, -0.05) is 0 Å². The molecule has 24 heavy (non-hydrogen) atoms. The van der Waals surface area contributed by atoms with Crippen LogP contribution in [-0.4, -0.2) is 50.0 Å². The molecule has 8 nitrogen and oxygen atoms in total. The van der Waals surface area contributed by atoms with Gasteiger partial charge in [-0.05, 0) is 31.9 Å². The van der Waals surface area contributed by atoms with Crippen LogP contribution in [0.25, 0.3) is 5.65 Å². The zero-order valence-electron chi connectivity index (χ0n) is 13.8. The van der Waals surface area contributed by atoms with Crippen molar-refractivity contribution in [2.45, 2.75) is 25.7 Å². The number of hydrogen-bond donors (Lipinski definition) is 0. The number of methoxy groups -OCH3 is 1. The van der Waals surface area contributed by atoms with Crippen molar-refractivity contribution >= 4 is 11.5 Å². The van der Waals surface area contributed by atoms with E-state index in [1.807, 2.05) is 23.6 Å². The largest absolute Gasteiger partial charge is 0.481 e. The topological polar surface area (TPSA) is 81.3 Å². The molecule has 4 heterocycles. The molecule has 3 aromatic rings. The van der Waals surface area contributed by atoms with E-state index in [0.717, 1.165) is 48.9 Å². The van der Waals surface area contributed by atoms with E-state index in [1.54, 1.807) is 13.4 Å². The highest BCUT2D eigenvalue weighted by Gasteiger charge is 2.23. The predicted molar refractivity (Wildman–Crippen MR) is 88.3 cm³/mol. The van der Waals surface area contributed by atoms with Crippen LogP contribution >= 0.6 is 0 Å². The Hall–Kier alpha value is -2.77. The molecule has 4 rings (SSSR count). The third kappa shape index (κ3) is 2.64. The Bertz CT molecular complexity index is 855. The molecule has 0 N–H and O–H groups in total. The minimum Gasteiger partial charge on any atom is -0.481 e. The zero-order valence-corrected chi connectivity index (χ0v) is 13.8. The lowest BCUT2D eigenvalue weighted by molar-refractivity contribution is 0.396. The van der Waals surface area contributed by atoms with Gasteiger partial charge in [-0.2, -0.15) is 9.61 Å². The van der Waals surface area contributed by atoms with E-state index < -0.39 is 0 Å². The summed E-state index contributed by atoms with van der Waals surface area (Å²) in [5.41, 5.74) is 1.90. The first-order valence-electron chi connectivity index (χ1n) is 8.04. The van der Waals surface area contributed by atoms with Gasteiger partial charge in [0.05, 0.1) is 12.8 Å². The van der Waals surface area contributed by atoms with Crippen molar-refractivity contribution in [3.63, 3.8) is 0 Å². The van der Waals surface area contributed by atoms with Gasteiger partial charge in [0, 0.05) is 25.1 Å². The Labute approximate surface area is 139 Å². The van der Waals surface area contributed by atoms with Gasteiger partial charge in [0.1, 0.15) is 12.1 Å². The van der Waals surface area contributed by atoms with Crippen LogP contribution in [-0.2, 0) is 0 Å². The summed E-state index contributed by atoms with van der Waals surface area (Å²) < 4.78 is 6.99. The third-order valence-electron chi connectivity index (χ3n) is 4.51. The highest BCUT2D eigenvalue weighted by molar-refractivity contribution is 5.42.